The first kappa shape index (κ1) is 24.2. The van der Waals surface area contributed by atoms with E-state index in [2.05, 4.69) is 47.3 Å². The maximum Gasteiger partial charge on any atom is 0.410 e. The van der Waals surface area contributed by atoms with Gasteiger partial charge in [-0.15, -0.1) is 0 Å². The van der Waals surface area contributed by atoms with Gasteiger partial charge in [0.2, 0.25) is 0 Å². The molecule has 1 saturated heterocycles. The molecule has 7 heteroatoms. The van der Waals surface area contributed by atoms with Crippen molar-refractivity contribution in [2.24, 2.45) is 5.92 Å². The number of carbonyl (C=O) groups excluding carboxylic acids is 1. The molecule has 0 N–H and O–H groups in total. The molecule has 0 spiro atoms. The summed E-state index contributed by atoms with van der Waals surface area (Å²) >= 11 is 0. The molecule has 0 aliphatic carbocycles. The van der Waals surface area contributed by atoms with E-state index in [1.54, 1.807) is 6.20 Å². The summed E-state index contributed by atoms with van der Waals surface area (Å²) in [6.45, 7) is 7.98. The number of aromatic nitrogens is 2. The minimum absolute atomic E-state index is 0.203. The van der Waals surface area contributed by atoms with Gasteiger partial charge in [0.25, 0.3) is 0 Å². The van der Waals surface area contributed by atoms with Gasteiger partial charge in [0, 0.05) is 48.5 Å². The van der Waals surface area contributed by atoms with Crippen LogP contribution in [-0.4, -0.2) is 58.8 Å². The summed E-state index contributed by atoms with van der Waals surface area (Å²) in [5, 5.41) is 5.57. The Morgan fingerprint density at radius 3 is 2.62 bits per heavy atom. The fourth-order valence-electron chi connectivity index (χ4n) is 4.63. The van der Waals surface area contributed by atoms with E-state index in [-0.39, 0.29) is 6.09 Å². The second-order valence-corrected chi connectivity index (χ2v) is 10.5. The van der Waals surface area contributed by atoms with Gasteiger partial charge in [-0.3, -0.25) is 4.98 Å². The van der Waals surface area contributed by atoms with Gasteiger partial charge in [-0.1, -0.05) is 17.3 Å². The van der Waals surface area contributed by atoms with Crippen LogP contribution in [0.3, 0.4) is 0 Å². The van der Waals surface area contributed by atoms with Crippen molar-refractivity contribution >= 4 is 17.1 Å². The summed E-state index contributed by atoms with van der Waals surface area (Å²) in [6.07, 6.45) is 7.37. The van der Waals surface area contributed by atoms with E-state index in [9.17, 15) is 4.79 Å². The van der Waals surface area contributed by atoms with Crippen LogP contribution in [0.2, 0.25) is 0 Å². The number of ether oxygens (including phenoxy) is 1. The van der Waals surface area contributed by atoms with Crippen molar-refractivity contribution in [1.29, 1.82) is 0 Å². The first-order chi connectivity index (χ1) is 16.2. The maximum absolute atomic E-state index is 12.3. The third-order valence-corrected chi connectivity index (χ3v) is 6.32. The number of hydrogen-bond donors (Lipinski definition) is 0. The molecule has 1 aromatic carbocycles. The first-order valence-electron chi connectivity index (χ1n) is 12.1. The molecule has 1 aliphatic heterocycles. The second kappa shape index (κ2) is 10.1. The molecule has 0 atom stereocenters. The molecule has 3 aromatic rings. The van der Waals surface area contributed by atoms with Gasteiger partial charge >= 0.3 is 6.09 Å². The number of nitrogens with zero attached hydrogens (tertiary/aromatic N) is 4. The highest BCUT2D eigenvalue weighted by molar-refractivity contribution is 5.89. The van der Waals surface area contributed by atoms with E-state index in [0.717, 1.165) is 78.7 Å². The van der Waals surface area contributed by atoms with Crippen molar-refractivity contribution in [1.82, 2.24) is 19.9 Å². The Hall–Kier alpha value is -2.93. The predicted octanol–water partition coefficient (Wildman–Crippen LogP) is 5.53. The zero-order valence-corrected chi connectivity index (χ0v) is 21.0. The lowest BCUT2D eigenvalue weighted by Gasteiger charge is -2.33. The average molecular weight is 465 g/mol. The molecule has 182 valence electrons. The maximum atomic E-state index is 12.3. The largest absolute Gasteiger partial charge is 0.444 e. The molecule has 1 amide bonds. The topological polar surface area (TPSA) is 71.7 Å². The number of carbonyl (C=O) groups is 1. The molecule has 0 bridgehead atoms. The highest BCUT2D eigenvalue weighted by Crippen LogP contribution is 2.33. The van der Waals surface area contributed by atoms with Crippen molar-refractivity contribution in [2.45, 2.75) is 58.6 Å². The number of aryl methyl sites for hydroxylation is 1. The molecule has 34 heavy (non-hydrogen) atoms. The second-order valence-electron chi connectivity index (χ2n) is 10.5. The Kier molecular flexibility index (Phi) is 7.22. The van der Waals surface area contributed by atoms with E-state index in [1.807, 2.05) is 37.9 Å². The minimum atomic E-state index is -0.454. The average Bonchev–Trinajstić information content (AvgIpc) is 3.21. The number of fused-ring (bicyclic) bond motifs is 1. The van der Waals surface area contributed by atoms with E-state index in [0.29, 0.717) is 5.92 Å². The molecule has 7 nitrogen and oxygen atoms in total. The van der Waals surface area contributed by atoms with Crippen LogP contribution in [-0.2, 0) is 17.7 Å². The molecule has 3 heterocycles. The van der Waals surface area contributed by atoms with Gasteiger partial charge in [0.15, 0.2) is 5.58 Å². The summed E-state index contributed by atoms with van der Waals surface area (Å²) in [4.78, 5) is 20.6. The number of amides is 1. The lowest BCUT2D eigenvalue weighted by atomic mass is 9.91. The SMILES string of the molecule is CN(C)Cc1c(-c2cccnc2)ccc2c(CCC3CCN(C(=O)OC(C)(C)C)CC3)noc12. The van der Waals surface area contributed by atoms with Crippen molar-refractivity contribution < 1.29 is 14.1 Å². The third-order valence-electron chi connectivity index (χ3n) is 6.32. The van der Waals surface area contributed by atoms with Gasteiger partial charge in [-0.25, -0.2) is 4.79 Å². The number of rotatable bonds is 6. The molecule has 2 aromatic heterocycles. The summed E-state index contributed by atoms with van der Waals surface area (Å²) < 4.78 is 11.4. The van der Waals surface area contributed by atoms with Crippen LogP contribution in [0.5, 0.6) is 0 Å². The Balaban J connectivity index is 1.44. The van der Waals surface area contributed by atoms with Crippen molar-refractivity contribution in [3.8, 4) is 11.1 Å². The molecular weight excluding hydrogens is 428 g/mol. The number of hydrogen-bond acceptors (Lipinski definition) is 6. The summed E-state index contributed by atoms with van der Waals surface area (Å²) in [5.74, 6) is 0.571. The smallest absolute Gasteiger partial charge is 0.410 e. The number of benzene rings is 1. The number of pyridine rings is 1. The monoisotopic (exact) mass is 464 g/mol. The first-order valence-corrected chi connectivity index (χ1v) is 12.1. The van der Waals surface area contributed by atoms with Gasteiger partial charge in [0.1, 0.15) is 5.60 Å². The highest BCUT2D eigenvalue weighted by atomic mass is 16.6. The molecular formula is C27H36N4O3. The predicted molar refractivity (Wildman–Crippen MR) is 133 cm³/mol. The van der Waals surface area contributed by atoms with Crippen LogP contribution >= 0.6 is 0 Å². The van der Waals surface area contributed by atoms with E-state index >= 15 is 0 Å². The highest BCUT2D eigenvalue weighted by Gasteiger charge is 2.27. The molecule has 0 unspecified atom stereocenters. The van der Waals surface area contributed by atoms with Gasteiger partial charge in [-0.05, 0) is 84.2 Å². The van der Waals surface area contributed by atoms with Crippen LogP contribution in [0.25, 0.3) is 22.1 Å². The summed E-state index contributed by atoms with van der Waals surface area (Å²) in [6, 6.07) is 8.33. The third kappa shape index (κ3) is 5.76. The van der Waals surface area contributed by atoms with E-state index < -0.39 is 5.60 Å². The molecule has 1 fully saturated rings. The minimum Gasteiger partial charge on any atom is -0.444 e. The van der Waals surface area contributed by atoms with Crippen molar-refractivity contribution in [3.63, 3.8) is 0 Å². The van der Waals surface area contributed by atoms with E-state index in [4.69, 9.17) is 9.26 Å². The van der Waals surface area contributed by atoms with Crippen LogP contribution in [0.15, 0.2) is 41.2 Å². The number of likely N-dealkylation sites (tertiary alicyclic amines) is 1. The van der Waals surface area contributed by atoms with Crippen molar-refractivity contribution in [3.05, 3.63) is 47.9 Å². The van der Waals surface area contributed by atoms with Crippen LogP contribution in [0, 0.1) is 5.92 Å². The molecule has 0 saturated carbocycles. The van der Waals surface area contributed by atoms with E-state index in [1.165, 1.54) is 0 Å². The van der Waals surface area contributed by atoms with Gasteiger partial charge < -0.3 is 19.1 Å². The van der Waals surface area contributed by atoms with Crippen LogP contribution in [0.1, 0.15) is 51.3 Å². The fraction of sp³-hybridized carbons (Fsp3) is 0.519. The molecule has 4 rings (SSSR count). The fourth-order valence-corrected chi connectivity index (χ4v) is 4.63. The summed E-state index contributed by atoms with van der Waals surface area (Å²) in [7, 11) is 4.12. The zero-order chi connectivity index (χ0) is 24.3. The Morgan fingerprint density at radius 1 is 1.21 bits per heavy atom. The Labute approximate surface area is 202 Å². The Bertz CT molecular complexity index is 1110. The Morgan fingerprint density at radius 2 is 1.97 bits per heavy atom. The summed E-state index contributed by atoms with van der Waals surface area (Å²) in [5.41, 5.74) is 4.78. The lowest BCUT2D eigenvalue weighted by Crippen LogP contribution is -2.41. The van der Waals surface area contributed by atoms with Crippen LogP contribution in [0.4, 0.5) is 4.79 Å². The standard InChI is InChI=1S/C27H36N4O3/c1-27(2,3)33-26(32)31-15-12-19(13-16-31)8-11-24-22-10-9-21(20-7-6-14-28-17-20)23(18-30(4)5)25(22)34-29-24/h6-7,9-10,14,17,19H,8,11-13,15-16,18H2,1-5H3. The van der Waals surface area contributed by atoms with Crippen LogP contribution < -0.4 is 0 Å². The van der Waals surface area contributed by atoms with Gasteiger partial charge in [-0.2, -0.15) is 0 Å². The normalized spacial score (nSPS) is 15.3. The van der Waals surface area contributed by atoms with Crippen molar-refractivity contribution in [2.75, 3.05) is 27.2 Å². The van der Waals surface area contributed by atoms with Gasteiger partial charge in [0.05, 0.1) is 5.69 Å². The molecule has 1 aliphatic rings. The number of piperidine rings is 1. The quantitative estimate of drug-likeness (QED) is 0.478. The lowest BCUT2D eigenvalue weighted by molar-refractivity contribution is 0.0181. The molecule has 0 radical (unpaired) electrons. The zero-order valence-electron chi connectivity index (χ0n) is 21.0.